The van der Waals surface area contributed by atoms with Gasteiger partial charge in [-0.05, 0) is 56.2 Å². The van der Waals surface area contributed by atoms with Crippen molar-refractivity contribution in [3.8, 4) is 11.4 Å². The van der Waals surface area contributed by atoms with Gasteiger partial charge < -0.3 is 10.1 Å². The van der Waals surface area contributed by atoms with Crippen molar-refractivity contribution in [2.24, 2.45) is 0 Å². The summed E-state index contributed by atoms with van der Waals surface area (Å²) in [4.78, 5) is 13.0. The van der Waals surface area contributed by atoms with E-state index in [4.69, 9.17) is 16.3 Å². The molecule has 174 valence electrons. The maximum atomic E-state index is 13.1. The first kappa shape index (κ1) is 23.3. The van der Waals surface area contributed by atoms with Gasteiger partial charge in [-0.2, -0.15) is 5.10 Å². The van der Waals surface area contributed by atoms with Crippen molar-refractivity contribution in [3.05, 3.63) is 64.8 Å². The van der Waals surface area contributed by atoms with E-state index in [2.05, 4.69) is 15.1 Å². The smallest absolute Gasteiger partial charge is 0.256 e. The van der Waals surface area contributed by atoms with Crippen LogP contribution in [0, 0.1) is 6.92 Å². The second kappa shape index (κ2) is 9.54. The lowest BCUT2D eigenvalue weighted by molar-refractivity contribution is 0.102. The first-order valence-electron chi connectivity index (χ1n) is 10.6. The molecule has 0 bridgehead atoms. The Morgan fingerprint density at radius 2 is 1.91 bits per heavy atom. The van der Waals surface area contributed by atoms with Gasteiger partial charge >= 0.3 is 0 Å². The Morgan fingerprint density at radius 1 is 1.15 bits per heavy atom. The molecule has 0 saturated heterocycles. The lowest BCUT2D eigenvalue weighted by Crippen LogP contribution is -2.33. The van der Waals surface area contributed by atoms with Gasteiger partial charge in [-0.1, -0.05) is 30.5 Å². The van der Waals surface area contributed by atoms with Gasteiger partial charge in [-0.15, -0.1) is 0 Å². The third-order valence-electron chi connectivity index (χ3n) is 5.52. The first-order chi connectivity index (χ1) is 15.8. The average Bonchev–Trinajstić information content (AvgIpc) is 3.42. The Kier molecular flexibility index (Phi) is 6.73. The number of nitrogens with one attached hydrogen (secondary N) is 2. The van der Waals surface area contributed by atoms with Crippen molar-refractivity contribution in [2.75, 3.05) is 12.4 Å². The normalized spacial score (nSPS) is 14.4. The summed E-state index contributed by atoms with van der Waals surface area (Å²) in [6.45, 7) is 1.81. The van der Waals surface area contributed by atoms with Gasteiger partial charge in [0.25, 0.3) is 5.91 Å². The fourth-order valence-corrected chi connectivity index (χ4v) is 5.62. The number of sulfonamides is 1. The van der Waals surface area contributed by atoms with Crippen LogP contribution in [-0.4, -0.2) is 37.3 Å². The highest BCUT2D eigenvalue weighted by Crippen LogP contribution is 2.28. The maximum absolute atomic E-state index is 13.1. The molecule has 1 amide bonds. The van der Waals surface area contributed by atoms with E-state index >= 15 is 0 Å². The molecule has 4 rings (SSSR count). The summed E-state index contributed by atoms with van der Waals surface area (Å²) in [5, 5.41) is 7.78. The van der Waals surface area contributed by atoms with Crippen molar-refractivity contribution in [1.29, 1.82) is 0 Å². The Labute approximate surface area is 198 Å². The summed E-state index contributed by atoms with van der Waals surface area (Å²) in [6, 6.07) is 13.0. The van der Waals surface area contributed by atoms with E-state index in [-0.39, 0.29) is 22.3 Å². The number of carbonyl (C=O) groups excluding carboxylic acids is 1. The number of aromatic nitrogens is 2. The van der Waals surface area contributed by atoms with Crippen LogP contribution in [0.3, 0.4) is 0 Å². The second-order valence-corrected chi connectivity index (χ2v) is 10.1. The van der Waals surface area contributed by atoms with Crippen molar-refractivity contribution in [1.82, 2.24) is 14.5 Å². The quantitative estimate of drug-likeness (QED) is 0.515. The van der Waals surface area contributed by atoms with E-state index in [0.717, 1.165) is 25.7 Å². The van der Waals surface area contributed by atoms with Gasteiger partial charge in [-0.3, -0.25) is 4.79 Å². The number of amides is 1. The summed E-state index contributed by atoms with van der Waals surface area (Å²) in [6.07, 6.45) is 3.59. The van der Waals surface area contributed by atoms with Crippen LogP contribution in [-0.2, 0) is 10.0 Å². The molecule has 3 aromatic rings. The van der Waals surface area contributed by atoms with Gasteiger partial charge in [-0.25, -0.2) is 17.8 Å². The third kappa shape index (κ3) is 5.21. The van der Waals surface area contributed by atoms with Crippen LogP contribution in [0.15, 0.2) is 53.4 Å². The molecular weight excluding hydrogens is 464 g/mol. The minimum atomic E-state index is -3.85. The van der Waals surface area contributed by atoms with Crippen LogP contribution in [0.2, 0.25) is 5.02 Å². The lowest BCUT2D eigenvalue weighted by atomic mass is 10.2. The molecule has 1 aliphatic carbocycles. The number of benzene rings is 2. The number of anilines is 1. The molecule has 2 N–H and O–H groups in total. The third-order valence-corrected chi connectivity index (χ3v) is 7.30. The topological polar surface area (TPSA) is 102 Å². The largest absolute Gasteiger partial charge is 0.495 e. The number of nitrogens with zero attached hydrogens (tertiary/aromatic N) is 2. The van der Waals surface area contributed by atoms with E-state index in [1.165, 1.54) is 25.3 Å². The van der Waals surface area contributed by atoms with Gasteiger partial charge in [0, 0.05) is 22.7 Å². The molecule has 1 aliphatic rings. The fraction of sp³-hybridized carbons (Fsp3) is 0.304. The summed E-state index contributed by atoms with van der Waals surface area (Å²) in [5.74, 6) is 0.138. The second-order valence-electron chi connectivity index (χ2n) is 7.99. The highest BCUT2D eigenvalue weighted by Gasteiger charge is 2.27. The number of halogens is 1. The fourth-order valence-electron chi connectivity index (χ4n) is 3.94. The highest BCUT2D eigenvalue weighted by atomic mass is 35.5. The summed E-state index contributed by atoms with van der Waals surface area (Å²) < 4.78 is 35.6. The van der Waals surface area contributed by atoms with Crippen LogP contribution in [0.25, 0.3) is 5.69 Å². The zero-order valence-electron chi connectivity index (χ0n) is 18.3. The van der Waals surface area contributed by atoms with Crippen LogP contribution in [0.1, 0.15) is 41.7 Å². The minimum Gasteiger partial charge on any atom is -0.495 e. The van der Waals surface area contributed by atoms with Crippen LogP contribution >= 0.6 is 11.6 Å². The SMILES string of the molecule is COc1ccc(C(=O)Nc2cc(C)nn2-c2cccc(Cl)c2)cc1S(=O)(=O)NC1CCCC1. The van der Waals surface area contributed by atoms with Crippen LogP contribution in [0.5, 0.6) is 5.75 Å². The van der Waals surface area contributed by atoms with E-state index in [1.54, 1.807) is 28.9 Å². The minimum absolute atomic E-state index is 0.0657. The molecule has 1 fully saturated rings. The predicted octanol–water partition coefficient (Wildman–Crippen LogP) is 4.32. The number of rotatable bonds is 7. The van der Waals surface area contributed by atoms with Gasteiger partial charge in [0.2, 0.25) is 10.0 Å². The molecule has 8 nitrogen and oxygen atoms in total. The summed E-state index contributed by atoms with van der Waals surface area (Å²) in [5.41, 5.74) is 1.56. The molecule has 1 saturated carbocycles. The van der Waals surface area contributed by atoms with Gasteiger partial charge in [0.1, 0.15) is 16.5 Å². The zero-order chi connectivity index (χ0) is 23.6. The molecule has 1 aromatic heterocycles. The number of carbonyl (C=O) groups is 1. The van der Waals surface area contributed by atoms with E-state index in [0.29, 0.717) is 22.2 Å². The highest BCUT2D eigenvalue weighted by molar-refractivity contribution is 7.89. The molecule has 0 spiro atoms. The van der Waals surface area contributed by atoms with Crippen molar-refractivity contribution in [2.45, 2.75) is 43.5 Å². The number of aryl methyl sites for hydroxylation is 1. The molecule has 2 aromatic carbocycles. The monoisotopic (exact) mass is 488 g/mol. The average molecular weight is 489 g/mol. The Morgan fingerprint density at radius 3 is 2.61 bits per heavy atom. The van der Waals surface area contributed by atoms with Crippen LogP contribution in [0.4, 0.5) is 5.82 Å². The molecular formula is C23H25ClN4O4S. The Balaban J connectivity index is 1.63. The molecule has 0 atom stereocenters. The standard InChI is InChI=1S/C23H25ClN4O4S/c1-15-12-22(28(26-15)19-9-5-6-17(24)14-19)25-23(29)16-10-11-20(32-2)21(13-16)33(30,31)27-18-7-3-4-8-18/h5-6,9-14,18,27H,3-4,7-8H2,1-2H3,(H,25,29). The molecule has 0 unspecified atom stereocenters. The first-order valence-corrected chi connectivity index (χ1v) is 12.5. The maximum Gasteiger partial charge on any atom is 0.256 e. The van der Waals surface area contributed by atoms with Crippen molar-refractivity contribution < 1.29 is 17.9 Å². The summed E-state index contributed by atoms with van der Waals surface area (Å²) >= 11 is 6.10. The molecule has 33 heavy (non-hydrogen) atoms. The van der Waals surface area contributed by atoms with E-state index in [1.807, 2.05) is 13.0 Å². The van der Waals surface area contributed by atoms with E-state index < -0.39 is 15.9 Å². The Hall–Kier alpha value is -2.88. The lowest BCUT2D eigenvalue weighted by Gasteiger charge is -2.16. The zero-order valence-corrected chi connectivity index (χ0v) is 19.9. The van der Waals surface area contributed by atoms with Crippen molar-refractivity contribution >= 4 is 33.3 Å². The molecule has 10 heteroatoms. The number of ether oxygens (including phenoxy) is 1. The predicted molar refractivity (Wildman–Crippen MR) is 127 cm³/mol. The number of hydrogen-bond donors (Lipinski definition) is 2. The molecule has 0 aliphatic heterocycles. The number of hydrogen-bond acceptors (Lipinski definition) is 5. The van der Waals surface area contributed by atoms with E-state index in [9.17, 15) is 13.2 Å². The summed E-state index contributed by atoms with van der Waals surface area (Å²) in [7, 11) is -2.46. The van der Waals surface area contributed by atoms with Crippen molar-refractivity contribution in [3.63, 3.8) is 0 Å². The van der Waals surface area contributed by atoms with Gasteiger partial charge in [0.15, 0.2) is 0 Å². The van der Waals surface area contributed by atoms with Crippen LogP contribution < -0.4 is 14.8 Å². The van der Waals surface area contributed by atoms with Gasteiger partial charge in [0.05, 0.1) is 18.5 Å². The Bertz CT molecular complexity index is 1280. The molecule has 0 radical (unpaired) electrons. The molecule has 1 heterocycles. The number of methoxy groups -OCH3 is 1.